The van der Waals surface area contributed by atoms with Crippen molar-refractivity contribution in [1.29, 1.82) is 0 Å². The van der Waals surface area contributed by atoms with Gasteiger partial charge in [0.25, 0.3) is 0 Å². The van der Waals surface area contributed by atoms with Crippen LogP contribution in [0.1, 0.15) is 5.89 Å². The molecule has 1 N–H and O–H groups in total. The highest BCUT2D eigenvalue weighted by atomic mass is 79.9. The molecule has 0 aliphatic carbocycles. The smallest absolute Gasteiger partial charge is 0.208 e. The number of halogens is 2. The number of aromatic nitrogens is 1. The minimum atomic E-state index is 0.571. The number of nitrogens with one attached hydrogen (secondary N) is 1. The number of nitrogens with zero attached hydrogens (tertiary/aromatic N) is 1. The van der Waals surface area contributed by atoms with Crippen LogP contribution in [0.25, 0.3) is 11.3 Å². The lowest BCUT2D eigenvalue weighted by Gasteiger charge is -2.02. The second-order valence-electron chi connectivity index (χ2n) is 3.91. The summed E-state index contributed by atoms with van der Waals surface area (Å²) >= 11 is 9.45. The molecule has 0 amide bonds. The van der Waals surface area contributed by atoms with Crippen molar-refractivity contribution in [1.82, 2.24) is 10.3 Å². The summed E-state index contributed by atoms with van der Waals surface area (Å²) in [5.41, 5.74) is 0.892. The summed E-state index contributed by atoms with van der Waals surface area (Å²) in [5, 5.41) is 3.84. The fraction of sp³-hybridized carbons (Fsp3) is 0.308. The maximum atomic E-state index is 5.98. The molecule has 0 saturated carbocycles. The second kappa shape index (κ2) is 7.05. The number of rotatable bonds is 6. The maximum absolute atomic E-state index is 5.98. The van der Waals surface area contributed by atoms with Crippen LogP contribution in [0.2, 0.25) is 5.02 Å². The van der Waals surface area contributed by atoms with Gasteiger partial charge in [0, 0.05) is 28.7 Å². The van der Waals surface area contributed by atoms with Crippen molar-refractivity contribution < 1.29 is 9.15 Å². The first-order valence-corrected chi connectivity index (χ1v) is 6.97. The fourth-order valence-electron chi connectivity index (χ4n) is 1.57. The van der Waals surface area contributed by atoms with Crippen LogP contribution in [0.4, 0.5) is 0 Å². The van der Waals surface area contributed by atoms with E-state index in [0.29, 0.717) is 29.8 Å². The van der Waals surface area contributed by atoms with Gasteiger partial charge in [0.15, 0.2) is 5.76 Å². The van der Waals surface area contributed by atoms with Crippen molar-refractivity contribution in [3.05, 3.63) is 39.8 Å². The zero-order valence-electron chi connectivity index (χ0n) is 10.5. The van der Waals surface area contributed by atoms with Crippen molar-refractivity contribution in [3.63, 3.8) is 0 Å². The Morgan fingerprint density at radius 1 is 1.47 bits per heavy atom. The Labute approximate surface area is 125 Å². The molecule has 1 heterocycles. The van der Waals surface area contributed by atoms with Gasteiger partial charge in [-0.05, 0) is 18.2 Å². The van der Waals surface area contributed by atoms with Crippen molar-refractivity contribution in [2.45, 2.75) is 6.54 Å². The van der Waals surface area contributed by atoms with E-state index in [4.69, 9.17) is 20.8 Å². The van der Waals surface area contributed by atoms with Crippen LogP contribution in [-0.4, -0.2) is 25.2 Å². The van der Waals surface area contributed by atoms with Crippen LogP contribution < -0.4 is 5.32 Å². The third-order valence-corrected chi connectivity index (χ3v) is 3.43. The highest BCUT2D eigenvalue weighted by Gasteiger charge is 2.10. The van der Waals surface area contributed by atoms with Crippen molar-refractivity contribution >= 4 is 27.5 Å². The van der Waals surface area contributed by atoms with E-state index < -0.39 is 0 Å². The number of benzene rings is 1. The molecule has 0 aliphatic heterocycles. The Morgan fingerprint density at radius 2 is 2.32 bits per heavy atom. The van der Waals surface area contributed by atoms with Crippen LogP contribution in [-0.2, 0) is 11.3 Å². The van der Waals surface area contributed by atoms with Crippen molar-refractivity contribution in [2.24, 2.45) is 0 Å². The molecule has 0 fully saturated rings. The van der Waals surface area contributed by atoms with Gasteiger partial charge in [0.1, 0.15) is 0 Å². The molecule has 102 valence electrons. The number of ether oxygens (including phenoxy) is 1. The van der Waals surface area contributed by atoms with Crippen molar-refractivity contribution in [3.8, 4) is 11.3 Å². The molecule has 4 nitrogen and oxygen atoms in total. The average molecular weight is 346 g/mol. The van der Waals surface area contributed by atoms with E-state index in [1.165, 1.54) is 0 Å². The van der Waals surface area contributed by atoms with E-state index in [2.05, 4.69) is 26.2 Å². The predicted molar refractivity (Wildman–Crippen MR) is 78.2 cm³/mol. The van der Waals surface area contributed by atoms with Gasteiger partial charge in [-0.25, -0.2) is 4.98 Å². The van der Waals surface area contributed by atoms with Crippen LogP contribution in [0.3, 0.4) is 0 Å². The number of methoxy groups -OCH3 is 1. The Hall–Kier alpha value is -0.880. The zero-order chi connectivity index (χ0) is 13.7. The van der Waals surface area contributed by atoms with Gasteiger partial charge in [-0.2, -0.15) is 0 Å². The lowest BCUT2D eigenvalue weighted by atomic mass is 10.2. The number of hydrogen-bond acceptors (Lipinski definition) is 4. The Morgan fingerprint density at radius 3 is 3.11 bits per heavy atom. The molecule has 0 radical (unpaired) electrons. The largest absolute Gasteiger partial charge is 0.439 e. The van der Waals surface area contributed by atoms with Gasteiger partial charge in [-0.3, -0.25) is 0 Å². The van der Waals surface area contributed by atoms with E-state index >= 15 is 0 Å². The van der Waals surface area contributed by atoms with Crippen LogP contribution in [0.5, 0.6) is 0 Å². The molecular formula is C13H14BrClN2O2. The molecule has 0 aliphatic rings. The molecule has 6 heteroatoms. The summed E-state index contributed by atoms with van der Waals surface area (Å²) in [6.45, 7) is 1.99. The fourth-order valence-corrected chi connectivity index (χ4v) is 2.19. The molecule has 19 heavy (non-hydrogen) atoms. The molecule has 2 aromatic rings. The summed E-state index contributed by atoms with van der Waals surface area (Å²) in [7, 11) is 1.67. The predicted octanol–water partition coefficient (Wildman–Crippen LogP) is 3.49. The van der Waals surface area contributed by atoms with E-state index in [1.54, 1.807) is 13.3 Å². The normalized spacial score (nSPS) is 10.9. The van der Waals surface area contributed by atoms with Gasteiger partial charge in [0.05, 0.1) is 19.3 Å². The van der Waals surface area contributed by atoms with E-state index in [9.17, 15) is 0 Å². The standard InChI is InChI=1S/C13H14BrClN2O2/c1-18-5-4-16-8-13-17-7-12(19-13)10-6-9(15)2-3-11(10)14/h2-3,6-7,16H,4-5,8H2,1H3. The molecule has 0 bridgehead atoms. The summed E-state index contributed by atoms with van der Waals surface area (Å²) < 4.78 is 11.6. The third kappa shape index (κ3) is 4.04. The Bertz CT molecular complexity index is 545. The lowest BCUT2D eigenvalue weighted by Crippen LogP contribution is -2.18. The first-order valence-electron chi connectivity index (χ1n) is 5.80. The third-order valence-electron chi connectivity index (χ3n) is 2.51. The maximum Gasteiger partial charge on any atom is 0.208 e. The van der Waals surface area contributed by atoms with Gasteiger partial charge >= 0.3 is 0 Å². The summed E-state index contributed by atoms with van der Waals surface area (Å²) in [6, 6.07) is 5.55. The average Bonchev–Trinajstić information content (AvgIpc) is 2.86. The molecule has 0 atom stereocenters. The SMILES string of the molecule is COCCNCc1ncc(-c2cc(Cl)ccc2Br)o1. The quantitative estimate of drug-likeness (QED) is 0.814. The highest BCUT2D eigenvalue weighted by molar-refractivity contribution is 9.10. The van der Waals surface area contributed by atoms with E-state index in [1.807, 2.05) is 18.2 Å². The Balaban J connectivity index is 2.06. The Kier molecular flexibility index (Phi) is 5.39. The van der Waals surface area contributed by atoms with Crippen LogP contribution >= 0.6 is 27.5 Å². The van der Waals surface area contributed by atoms with Gasteiger partial charge < -0.3 is 14.5 Å². The number of hydrogen-bond donors (Lipinski definition) is 1. The van der Waals surface area contributed by atoms with E-state index in [-0.39, 0.29) is 0 Å². The molecule has 1 aromatic carbocycles. The summed E-state index contributed by atoms with van der Waals surface area (Å²) in [4.78, 5) is 4.23. The second-order valence-corrected chi connectivity index (χ2v) is 5.20. The molecule has 0 saturated heterocycles. The van der Waals surface area contributed by atoms with Crippen LogP contribution in [0.15, 0.2) is 33.3 Å². The minimum Gasteiger partial charge on any atom is -0.439 e. The number of oxazole rings is 1. The highest BCUT2D eigenvalue weighted by Crippen LogP contribution is 2.31. The molecular weight excluding hydrogens is 332 g/mol. The molecule has 0 unspecified atom stereocenters. The van der Waals surface area contributed by atoms with Gasteiger partial charge in [-0.15, -0.1) is 0 Å². The molecule has 1 aromatic heterocycles. The lowest BCUT2D eigenvalue weighted by molar-refractivity contribution is 0.198. The first-order chi connectivity index (χ1) is 9.20. The summed E-state index contributed by atoms with van der Waals surface area (Å²) in [6.07, 6.45) is 1.70. The molecule has 2 rings (SSSR count). The van der Waals surface area contributed by atoms with Crippen molar-refractivity contribution in [2.75, 3.05) is 20.3 Å². The molecule has 0 spiro atoms. The van der Waals surface area contributed by atoms with Gasteiger partial charge in [0.2, 0.25) is 5.89 Å². The minimum absolute atomic E-state index is 0.571. The van der Waals surface area contributed by atoms with Gasteiger partial charge in [-0.1, -0.05) is 27.5 Å². The summed E-state index contributed by atoms with van der Waals surface area (Å²) in [5.74, 6) is 1.33. The topological polar surface area (TPSA) is 47.3 Å². The monoisotopic (exact) mass is 344 g/mol. The van der Waals surface area contributed by atoms with Crippen LogP contribution in [0, 0.1) is 0 Å². The zero-order valence-corrected chi connectivity index (χ0v) is 12.8. The van der Waals surface area contributed by atoms with E-state index in [0.717, 1.165) is 16.6 Å². The first kappa shape index (κ1) is 14.5.